The molecule has 1 aromatic rings. The molecular formula is C14H24N2O3S. The van der Waals surface area contributed by atoms with Crippen LogP contribution in [0.2, 0.25) is 0 Å². The van der Waals surface area contributed by atoms with E-state index < -0.39 is 10.0 Å². The van der Waals surface area contributed by atoms with Crippen molar-refractivity contribution in [3.05, 3.63) is 29.8 Å². The molecule has 6 heteroatoms. The van der Waals surface area contributed by atoms with Gasteiger partial charge >= 0.3 is 0 Å². The van der Waals surface area contributed by atoms with E-state index in [-0.39, 0.29) is 5.75 Å². The number of nitrogens with one attached hydrogen (secondary N) is 2. The lowest BCUT2D eigenvalue weighted by Gasteiger charge is -2.07. The minimum atomic E-state index is -3.15. The maximum atomic E-state index is 11.7. The topological polar surface area (TPSA) is 67.4 Å². The lowest BCUT2D eigenvalue weighted by atomic mass is 10.1. The third kappa shape index (κ3) is 6.88. The summed E-state index contributed by atoms with van der Waals surface area (Å²) in [6, 6.07) is 7.64. The van der Waals surface area contributed by atoms with E-state index in [4.69, 9.17) is 4.74 Å². The van der Waals surface area contributed by atoms with Gasteiger partial charge in [0, 0.05) is 6.54 Å². The molecule has 0 amide bonds. The van der Waals surface area contributed by atoms with E-state index in [2.05, 4.69) is 10.0 Å². The van der Waals surface area contributed by atoms with Crippen molar-refractivity contribution in [2.75, 3.05) is 33.0 Å². The lowest BCUT2D eigenvalue weighted by molar-refractivity contribution is 0.414. The van der Waals surface area contributed by atoms with Crippen LogP contribution in [-0.4, -0.2) is 41.4 Å². The van der Waals surface area contributed by atoms with Crippen molar-refractivity contribution in [1.82, 2.24) is 10.0 Å². The SMILES string of the molecule is CNCCCCS(=O)(=O)NCCc1ccc(OC)cc1. The number of sulfonamides is 1. The Labute approximate surface area is 121 Å². The molecule has 20 heavy (non-hydrogen) atoms. The molecule has 0 heterocycles. The summed E-state index contributed by atoms with van der Waals surface area (Å²) in [5.74, 6) is 0.996. The summed E-state index contributed by atoms with van der Waals surface area (Å²) in [5.41, 5.74) is 1.09. The molecular weight excluding hydrogens is 276 g/mol. The molecule has 1 rings (SSSR count). The normalized spacial score (nSPS) is 11.5. The van der Waals surface area contributed by atoms with E-state index in [1.807, 2.05) is 31.3 Å². The van der Waals surface area contributed by atoms with Crippen LogP contribution in [0.4, 0.5) is 0 Å². The maximum Gasteiger partial charge on any atom is 0.211 e. The Hall–Kier alpha value is -1.11. The number of hydrogen-bond donors (Lipinski definition) is 2. The molecule has 2 N–H and O–H groups in total. The molecule has 0 aliphatic carbocycles. The van der Waals surface area contributed by atoms with Gasteiger partial charge in [-0.05, 0) is 50.6 Å². The van der Waals surface area contributed by atoms with Crippen LogP contribution in [0.15, 0.2) is 24.3 Å². The van der Waals surface area contributed by atoms with Gasteiger partial charge in [0.2, 0.25) is 10.0 Å². The van der Waals surface area contributed by atoms with Crippen LogP contribution in [0.5, 0.6) is 5.75 Å². The summed E-state index contributed by atoms with van der Waals surface area (Å²) < 4.78 is 31.2. The number of unbranched alkanes of at least 4 members (excludes halogenated alkanes) is 1. The zero-order chi connectivity index (χ0) is 14.8. The zero-order valence-electron chi connectivity index (χ0n) is 12.2. The number of ether oxygens (including phenoxy) is 1. The second-order valence-corrected chi connectivity index (χ2v) is 6.55. The van der Waals surface area contributed by atoms with Gasteiger partial charge in [-0.3, -0.25) is 0 Å². The van der Waals surface area contributed by atoms with Crippen molar-refractivity contribution in [3.63, 3.8) is 0 Å². The molecule has 0 aliphatic rings. The monoisotopic (exact) mass is 300 g/mol. The van der Waals surface area contributed by atoms with Crippen molar-refractivity contribution in [1.29, 1.82) is 0 Å². The summed E-state index contributed by atoms with van der Waals surface area (Å²) in [7, 11) is 0.337. The first kappa shape index (κ1) is 16.9. The van der Waals surface area contributed by atoms with Crippen molar-refractivity contribution < 1.29 is 13.2 Å². The molecule has 0 radical (unpaired) electrons. The maximum absolute atomic E-state index is 11.7. The molecule has 0 fully saturated rings. The van der Waals surface area contributed by atoms with E-state index >= 15 is 0 Å². The highest BCUT2D eigenvalue weighted by Gasteiger charge is 2.08. The molecule has 0 saturated carbocycles. The van der Waals surface area contributed by atoms with Crippen molar-refractivity contribution in [3.8, 4) is 5.75 Å². The molecule has 1 aromatic carbocycles. The Bertz CT molecular complexity index is 472. The van der Waals surface area contributed by atoms with Crippen molar-refractivity contribution >= 4 is 10.0 Å². The Morgan fingerprint density at radius 3 is 2.40 bits per heavy atom. The fraction of sp³-hybridized carbons (Fsp3) is 0.571. The Balaban J connectivity index is 2.27. The van der Waals surface area contributed by atoms with Crippen LogP contribution >= 0.6 is 0 Å². The third-order valence-electron chi connectivity index (χ3n) is 2.98. The van der Waals surface area contributed by atoms with Gasteiger partial charge in [-0.1, -0.05) is 12.1 Å². The average molecular weight is 300 g/mol. The largest absolute Gasteiger partial charge is 0.497 e. The molecule has 0 aliphatic heterocycles. The average Bonchev–Trinajstić information content (AvgIpc) is 2.44. The highest BCUT2D eigenvalue weighted by atomic mass is 32.2. The van der Waals surface area contributed by atoms with Gasteiger partial charge in [-0.15, -0.1) is 0 Å². The van der Waals surface area contributed by atoms with Crippen LogP contribution in [0.25, 0.3) is 0 Å². The number of methoxy groups -OCH3 is 1. The molecule has 0 atom stereocenters. The molecule has 0 spiro atoms. The Morgan fingerprint density at radius 1 is 1.10 bits per heavy atom. The third-order valence-corrected chi connectivity index (χ3v) is 4.45. The molecule has 114 valence electrons. The van der Waals surface area contributed by atoms with Crippen LogP contribution in [-0.2, 0) is 16.4 Å². The van der Waals surface area contributed by atoms with Crippen LogP contribution in [0.3, 0.4) is 0 Å². The summed E-state index contributed by atoms with van der Waals surface area (Å²) >= 11 is 0. The van der Waals surface area contributed by atoms with Gasteiger partial charge in [-0.25, -0.2) is 13.1 Å². The van der Waals surface area contributed by atoms with Gasteiger partial charge in [-0.2, -0.15) is 0 Å². The quantitative estimate of drug-likeness (QED) is 0.636. The van der Waals surface area contributed by atoms with Crippen LogP contribution in [0.1, 0.15) is 18.4 Å². The second kappa shape index (κ2) is 8.94. The van der Waals surface area contributed by atoms with Crippen LogP contribution < -0.4 is 14.8 Å². The smallest absolute Gasteiger partial charge is 0.211 e. The van der Waals surface area contributed by atoms with Gasteiger partial charge in [0.25, 0.3) is 0 Å². The first-order chi connectivity index (χ1) is 9.57. The Morgan fingerprint density at radius 2 is 1.80 bits per heavy atom. The molecule has 0 aromatic heterocycles. The van der Waals surface area contributed by atoms with E-state index in [1.165, 1.54) is 0 Å². The fourth-order valence-electron chi connectivity index (χ4n) is 1.81. The highest BCUT2D eigenvalue weighted by molar-refractivity contribution is 7.89. The molecule has 0 bridgehead atoms. The van der Waals surface area contributed by atoms with Crippen LogP contribution in [0, 0.1) is 0 Å². The zero-order valence-corrected chi connectivity index (χ0v) is 13.0. The second-order valence-electron chi connectivity index (χ2n) is 4.62. The van der Waals surface area contributed by atoms with Crippen molar-refractivity contribution in [2.24, 2.45) is 0 Å². The first-order valence-electron chi connectivity index (χ1n) is 6.82. The first-order valence-corrected chi connectivity index (χ1v) is 8.47. The standard InChI is InChI=1S/C14H24N2O3S/c1-15-10-3-4-12-20(17,18)16-11-9-13-5-7-14(19-2)8-6-13/h5-8,15-16H,3-4,9-12H2,1-2H3. The Kier molecular flexibility index (Phi) is 7.58. The van der Waals surface area contributed by atoms with Gasteiger partial charge in [0.15, 0.2) is 0 Å². The number of hydrogen-bond acceptors (Lipinski definition) is 4. The van der Waals surface area contributed by atoms with Crippen molar-refractivity contribution in [2.45, 2.75) is 19.3 Å². The number of benzene rings is 1. The predicted molar refractivity (Wildman–Crippen MR) is 81.6 cm³/mol. The minimum absolute atomic E-state index is 0.192. The molecule has 0 saturated heterocycles. The van der Waals surface area contributed by atoms with Gasteiger partial charge in [0.05, 0.1) is 12.9 Å². The summed E-state index contributed by atoms with van der Waals surface area (Å²) in [6.45, 7) is 1.28. The van der Waals surface area contributed by atoms with E-state index in [0.29, 0.717) is 19.4 Å². The summed E-state index contributed by atoms with van der Waals surface area (Å²) in [6.07, 6.45) is 2.23. The van der Waals surface area contributed by atoms with E-state index in [1.54, 1.807) is 7.11 Å². The molecule has 0 unspecified atom stereocenters. The minimum Gasteiger partial charge on any atom is -0.497 e. The predicted octanol–water partition coefficient (Wildman–Crippen LogP) is 1.16. The molecule has 5 nitrogen and oxygen atoms in total. The van der Waals surface area contributed by atoms with E-state index in [0.717, 1.165) is 24.3 Å². The number of rotatable bonds is 10. The van der Waals surface area contributed by atoms with Gasteiger partial charge in [0.1, 0.15) is 5.75 Å². The summed E-state index contributed by atoms with van der Waals surface area (Å²) in [5, 5.41) is 3.00. The summed E-state index contributed by atoms with van der Waals surface area (Å²) in [4.78, 5) is 0. The lowest BCUT2D eigenvalue weighted by Crippen LogP contribution is -2.28. The van der Waals surface area contributed by atoms with Gasteiger partial charge < -0.3 is 10.1 Å². The van der Waals surface area contributed by atoms with E-state index in [9.17, 15) is 8.42 Å². The highest BCUT2D eigenvalue weighted by Crippen LogP contribution is 2.11. The fourth-order valence-corrected chi connectivity index (χ4v) is 2.95.